The van der Waals surface area contributed by atoms with Crippen LogP contribution in [0, 0.1) is 5.92 Å². The second-order valence-electron chi connectivity index (χ2n) is 6.08. The van der Waals surface area contributed by atoms with Crippen LogP contribution in [0.2, 0.25) is 0 Å². The van der Waals surface area contributed by atoms with Crippen LogP contribution in [0.25, 0.3) is 0 Å². The summed E-state index contributed by atoms with van der Waals surface area (Å²) in [5, 5.41) is 4.49. The molecule has 3 nitrogen and oxygen atoms in total. The molecule has 2 aliphatic heterocycles. The Morgan fingerprint density at radius 1 is 1.39 bits per heavy atom. The molecule has 1 aromatic rings. The van der Waals surface area contributed by atoms with Gasteiger partial charge in [-0.3, -0.25) is 4.68 Å². The predicted molar refractivity (Wildman–Crippen MR) is 71.0 cm³/mol. The third kappa shape index (κ3) is 1.39. The van der Waals surface area contributed by atoms with Crippen LogP contribution >= 0.6 is 0 Å². The lowest BCUT2D eigenvalue weighted by molar-refractivity contribution is 0.176. The van der Waals surface area contributed by atoms with Crippen molar-refractivity contribution < 1.29 is 0 Å². The minimum atomic E-state index is 0.718. The Morgan fingerprint density at radius 3 is 2.94 bits per heavy atom. The number of aromatic nitrogens is 2. The van der Waals surface area contributed by atoms with E-state index in [0.717, 1.165) is 18.4 Å². The lowest BCUT2D eigenvalue weighted by atomic mass is 9.75. The molecule has 4 rings (SSSR count). The molecule has 0 radical (unpaired) electrons. The molecule has 3 heterocycles. The van der Waals surface area contributed by atoms with Crippen LogP contribution in [0.4, 0.5) is 0 Å². The Morgan fingerprint density at radius 2 is 2.22 bits per heavy atom. The number of allylic oxidation sites excluding steroid dienone is 2. The fraction of sp³-hybridized carbons (Fsp3) is 0.667. The summed E-state index contributed by atoms with van der Waals surface area (Å²) in [7, 11) is 2.09. The van der Waals surface area contributed by atoms with E-state index in [9.17, 15) is 0 Å². The molecule has 1 aliphatic carbocycles. The Hall–Kier alpha value is -1.25. The Bertz CT molecular complexity index is 520. The minimum absolute atomic E-state index is 0.718. The largest absolute Gasteiger partial charge is 0.368 e. The third-order valence-corrected chi connectivity index (χ3v) is 5.09. The molecule has 0 aromatic carbocycles. The summed E-state index contributed by atoms with van der Waals surface area (Å²) >= 11 is 0. The van der Waals surface area contributed by atoms with Gasteiger partial charge in [0.05, 0.1) is 18.4 Å². The molecule has 2 fully saturated rings. The average molecular weight is 243 g/mol. The highest BCUT2D eigenvalue weighted by Gasteiger charge is 2.40. The maximum Gasteiger partial charge on any atom is 0.0609 e. The van der Waals surface area contributed by atoms with Gasteiger partial charge in [-0.15, -0.1) is 0 Å². The zero-order valence-electron chi connectivity index (χ0n) is 11.3. The second-order valence-corrected chi connectivity index (χ2v) is 6.08. The van der Waals surface area contributed by atoms with Crippen molar-refractivity contribution >= 4 is 0 Å². The van der Waals surface area contributed by atoms with Gasteiger partial charge in [0, 0.05) is 30.8 Å². The van der Waals surface area contributed by atoms with Gasteiger partial charge < -0.3 is 4.90 Å². The highest BCUT2D eigenvalue weighted by Crippen LogP contribution is 2.48. The topological polar surface area (TPSA) is 21.1 Å². The molecule has 96 valence electrons. The Labute approximate surface area is 108 Å². The number of piperidine rings is 1. The van der Waals surface area contributed by atoms with Crippen molar-refractivity contribution in [1.82, 2.24) is 14.7 Å². The van der Waals surface area contributed by atoms with Crippen molar-refractivity contribution in [3.8, 4) is 0 Å². The first kappa shape index (κ1) is 10.7. The standard InChI is InChI=1S/C15H21N3/c1-3-10-6-14(11-4-5-11)18-8-13(10)12-7-16-17(2)15(12)9-18/h7,10,13H,3-6,8-9H2,1-2H3. The number of nitrogens with zero attached hydrogens (tertiary/aromatic N) is 3. The van der Waals surface area contributed by atoms with Gasteiger partial charge in [0.15, 0.2) is 0 Å². The highest BCUT2D eigenvalue weighted by molar-refractivity contribution is 5.34. The molecule has 2 bridgehead atoms. The number of rotatable bonds is 1. The van der Waals surface area contributed by atoms with Crippen LogP contribution in [0.5, 0.6) is 0 Å². The summed E-state index contributed by atoms with van der Waals surface area (Å²) in [5.41, 5.74) is 6.39. The van der Waals surface area contributed by atoms with E-state index >= 15 is 0 Å². The van der Waals surface area contributed by atoms with Gasteiger partial charge in [-0.2, -0.15) is 5.10 Å². The van der Waals surface area contributed by atoms with Crippen LogP contribution in [0.1, 0.15) is 49.8 Å². The maximum atomic E-state index is 4.49. The summed E-state index contributed by atoms with van der Waals surface area (Å²) in [6, 6.07) is 0. The van der Waals surface area contributed by atoms with Crippen LogP contribution < -0.4 is 0 Å². The Kier molecular flexibility index (Phi) is 2.14. The van der Waals surface area contributed by atoms with Crippen LogP contribution in [-0.2, 0) is 13.6 Å². The summed E-state index contributed by atoms with van der Waals surface area (Å²) in [6.45, 7) is 4.66. The fourth-order valence-corrected chi connectivity index (χ4v) is 3.84. The van der Waals surface area contributed by atoms with E-state index < -0.39 is 0 Å². The minimum Gasteiger partial charge on any atom is -0.368 e. The van der Waals surface area contributed by atoms with Crippen molar-refractivity contribution in [2.24, 2.45) is 13.0 Å². The lowest BCUT2D eigenvalue weighted by Crippen LogP contribution is -2.41. The van der Waals surface area contributed by atoms with E-state index in [-0.39, 0.29) is 0 Å². The zero-order valence-corrected chi connectivity index (χ0v) is 11.3. The number of fused-ring (bicyclic) bond motifs is 4. The Balaban J connectivity index is 1.80. The van der Waals surface area contributed by atoms with E-state index in [2.05, 4.69) is 34.8 Å². The van der Waals surface area contributed by atoms with E-state index in [1.54, 1.807) is 11.3 Å². The SMILES string of the molecule is CCC1CC(=C2CC2)N2Cc3c(cnn3C)C1C2. The van der Waals surface area contributed by atoms with Gasteiger partial charge in [0.2, 0.25) is 0 Å². The average Bonchev–Trinajstić information content (AvgIpc) is 3.16. The predicted octanol–water partition coefficient (Wildman–Crippen LogP) is 2.80. The van der Waals surface area contributed by atoms with Gasteiger partial charge in [-0.25, -0.2) is 0 Å². The van der Waals surface area contributed by atoms with E-state index in [4.69, 9.17) is 0 Å². The van der Waals surface area contributed by atoms with Crippen molar-refractivity contribution in [2.75, 3.05) is 6.54 Å². The summed E-state index contributed by atoms with van der Waals surface area (Å²) in [6.07, 6.45) is 7.43. The van der Waals surface area contributed by atoms with E-state index in [0.29, 0.717) is 0 Å². The molecule has 2 atom stereocenters. The van der Waals surface area contributed by atoms with Gasteiger partial charge in [-0.1, -0.05) is 18.9 Å². The molecule has 0 amide bonds. The lowest BCUT2D eigenvalue weighted by Gasteiger charge is -2.45. The normalized spacial score (nSPS) is 29.6. The smallest absolute Gasteiger partial charge is 0.0609 e. The second kappa shape index (κ2) is 3.62. The van der Waals surface area contributed by atoms with Gasteiger partial charge >= 0.3 is 0 Å². The van der Waals surface area contributed by atoms with Crippen LogP contribution in [-0.4, -0.2) is 21.2 Å². The molecule has 0 spiro atoms. The molecule has 3 heteroatoms. The molecular weight excluding hydrogens is 222 g/mol. The van der Waals surface area contributed by atoms with Crippen LogP contribution in [0.3, 0.4) is 0 Å². The first-order valence-electron chi connectivity index (χ1n) is 7.24. The van der Waals surface area contributed by atoms with Crippen molar-refractivity contribution in [2.45, 2.75) is 45.1 Å². The molecule has 1 saturated carbocycles. The van der Waals surface area contributed by atoms with E-state index in [1.165, 1.54) is 43.5 Å². The highest BCUT2D eigenvalue weighted by atomic mass is 15.3. The molecule has 0 N–H and O–H groups in total. The van der Waals surface area contributed by atoms with Crippen molar-refractivity contribution in [3.05, 3.63) is 28.7 Å². The molecule has 1 saturated heterocycles. The van der Waals surface area contributed by atoms with E-state index in [1.807, 2.05) is 0 Å². The molecule has 3 aliphatic rings. The zero-order chi connectivity index (χ0) is 12.3. The molecule has 1 aromatic heterocycles. The van der Waals surface area contributed by atoms with Gasteiger partial charge in [0.25, 0.3) is 0 Å². The molecular formula is C15H21N3. The van der Waals surface area contributed by atoms with Crippen molar-refractivity contribution in [1.29, 1.82) is 0 Å². The number of aryl methyl sites for hydroxylation is 1. The molecule has 18 heavy (non-hydrogen) atoms. The summed E-state index contributed by atoms with van der Waals surface area (Å²) < 4.78 is 2.09. The quantitative estimate of drug-likeness (QED) is 0.756. The monoisotopic (exact) mass is 243 g/mol. The fourth-order valence-electron chi connectivity index (χ4n) is 3.84. The first-order valence-corrected chi connectivity index (χ1v) is 7.24. The number of hydrogen-bond acceptors (Lipinski definition) is 2. The summed E-state index contributed by atoms with van der Waals surface area (Å²) in [4.78, 5) is 2.64. The van der Waals surface area contributed by atoms with Crippen molar-refractivity contribution in [3.63, 3.8) is 0 Å². The molecule has 2 unspecified atom stereocenters. The van der Waals surface area contributed by atoms with Gasteiger partial charge in [-0.05, 0) is 25.2 Å². The number of hydrogen-bond donors (Lipinski definition) is 0. The first-order chi connectivity index (χ1) is 8.78. The van der Waals surface area contributed by atoms with Crippen LogP contribution in [0.15, 0.2) is 17.5 Å². The summed E-state index contributed by atoms with van der Waals surface area (Å²) in [5.74, 6) is 1.54. The third-order valence-electron chi connectivity index (χ3n) is 5.09. The maximum absolute atomic E-state index is 4.49. The van der Waals surface area contributed by atoms with Gasteiger partial charge in [0.1, 0.15) is 0 Å².